The largest absolute Gasteiger partial charge is 0.353 e. The van der Waals surface area contributed by atoms with E-state index in [1.165, 1.54) is 0 Å². The molecule has 0 aromatic heterocycles. The number of benzene rings is 1. The number of nitrogens with one attached hydrogen (secondary N) is 1. The van der Waals surface area contributed by atoms with Crippen molar-refractivity contribution < 1.29 is 14.3 Å². The normalized spacial score (nSPS) is 22.4. The van der Waals surface area contributed by atoms with Gasteiger partial charge in [-0.15, -0.1) is 0 Å². The molecule has 110 valence electrons. The molecule has 5 heteroatoms. The average Bonchev–Trinajstić information content (AvgIpc) is 2.77. The molecule has 2 atom stereocenters. The number of hydrogen-bond donors (Lipinski definition) is 2. The molecule has 0 saturated carbocycles. The van der Waals surface area contributed by atoms with Gasteiger partial charge in [0.05, 0.1) is 6.61 Å². The third-order valence-electron chi connectivity index (χ3n) is 3.23. The molecule has 1 heterocycles. The Kier molecular flexibility index (Phi) is 4.75. The Hall–Kier alpha value is -1.43. The molecule has 5 nitrogen and oxygen atoms in total. The second-order valence-corrected chi connectivity index (χ2v) is 5.48. The van der Waals surface area contributed by atoms with Crippen molar-refractivity contribution in [2.75, 3.05) is 13.2 Å². The Morgan fingerprint density at radius 1 is 1.45 bits per heavy atom. The first-order chi connectivity index (χ1) is 9.46. The zero-order valence-electron chi connectivity index (χ0n) is 12.0. The Bertz CT molecular complexity index is 448. The molecular weight excluding hydrogens is 256 g/mol. The number of nitrogens with two attached hydrogens (primary N) is 1. The highest BCUT2D eigenvalue weighted by atomic mass is 16.7. The van der Waals surface area contributed by atoms with Crippen LogP contribution in [-0.2, 0) is 14.3 Å². The van der Waals surface area contributed by atoms with Crippen LogP contribution in [0, 0.1) is 0 Å². The van der Waals surface area contributed by atoms with E-state index in [0.717, 1.165) is 5.56 Å². The lowest BCUT2D eigenvalue weighted by Gasteiger charge is -2.17. The molecule has 3 N–H and O–H groups in total. The lowest BCUT2D eigenvalue weighted by atomic mass is 10.0. The second kappa shape index (κ2) is 6.35. The summed E-state index contributed by atoms with van der Waals surface area (Å²) in [5, 5.41) is 2.84. The first kappa shape index (κ1) is 15.0. The van der Waals surface area contributed by atoms with Crippen molar-refractivity contribution >= 4 is 5.91 Å². The van der Waals surface area contributed by atoms with Crippen LogP contribution in [0.15, 0.2) is 30.3 Å². The van der Waals surface area contributed by atoms with Crippen LogP contribution >= 0.6 is 0 Å². The van der Waals surface area contributed by atoms with E-state index in [4.69, 9.17) is 15.2 Å². The van der Waals surface area contributed by atoms with E-state index < -0.39 is 5.79 Å². The Balaban J connectivity index is 1.73. The zero-order chi connectivity index (χ0) is 14.6. The molecule has 0 radical (unpaired) electrons. The summed E-state index contributed by atoms with van der Waals surface area (Å²) in [6.45, 7) is 4.67. The summed E-state index contributed by atoms with van der Waals surface area (Å²) in [6, 6.07) is 9.32. The number of hydrogen-bond acceptors (Lipinski definition) is 4. The fraction of sp³-hybridized carbons (Fsp3) is 0.533. The summed E-state index contributed by atoms with van der Waals surface area (Å²) >= 11 is 0. The number of ether oxygens (including phenoxy) is 2. The molecule has 1 aliphatic heterocycles. The van der Waals surface area contributed by atoms with Crippen LogP contribution in [0.25, 0.3) is 0 Å². The van der Waals surface area contributed by atoms with Crippen LogP contribution in [0.2, 0.25) is 0 Å². The van der Waals surface area contributed by atoms with Crippen LogP contribution in [-0.4, -0.2) is 30.9 Å². The minimum Gasteiger partial charge on any atom is -0.353 e. The van der Waals surface area contributed by atoms with Gasteiger partial charge in [-0.1, -0.05) is 30.3 Å². The molecule has 2 rings (SSSR count). The number of carbonyl (C=O) groups is 1. The van der Waals surface area contributed by atoms with E-state index in [1.54, 1.807) is 0 Å². The molecule has 1 amide bonds. The van der Waals surface area contributed by atoms with Gasteiger partial charge in [0.15, 0.2) is 5.79 Å². The molecule has 0 spiro atoms. The van der Waals surface area contributed by atoms with E-state index in [-0.39, 0.29) is 24.5 Å². The fourth-order valence-electron chi connectivity index (χ4n) is 2.18. The number of rotatable bonds is 5. The molecule has 1 fully saturated rings. The lowest BCUT2D eigenvalue weighted by Crippen LogP contribution is -2.35. The van der Waals surface area contributed by atoms with Crippen molar-refractivity contribution in [2.24, 2.45) is 5.73 Å². The fourth-order valence-corrected chi connectivity index (χ4v) is 2.18. The van der Waals surface area contributed by atoms with Crippen molar-refractivity contribution in [3.8, 4) is 0 Å². The minimum atomic E-state index is -0.560. The van der Waals surface area contributed by atoms with E-state index >= 15 is 0 Å². The van der Waals surface area contributed by atoms with Gasteiger partial charge in [0.1, 0.15) is 6.10 Å². The molecule has 1 aromatic carbocycles. The lowest BCUT2D eigenvalue weighted by molar-refractivity contribution is -0.139. The van der Waals surface area contributed by atoms with Gasteiger partial charge in [0, 0.05) is 19.0 Å². The van der Waals surface area contributed by atoms with E-state index in [9.17, 15) is 4.79 Å². The second-order valence-electron chi connectivity index (χ2n) is 5.48. The Labute approximate surface area is 119 Å². The first-order valence-electron chi connectivity index (χ1n) is 6.85. The summed E-state index contributed by atoms with van der Waals surface area (Å²) in [5.41, 5.74) is 6.97. The van der Waals surface area contributed by atoms with Gasteiger partial charge in [-0.05, 0) is 19.4 Å². The summed E-state index contributed by atoms with van der Waals surface area (Å²) in [7, 11) is 0. The standard InChI is InChI=1S/C15H22N2O3/c1-15(2)19-10-12(20-15)9-17-14(18)8-13(16)11-6-4-3-5-7-11/h3-7,12-13H,8-10,16H2,1-2H3,(H,17,18). The molecule has 0 bridgehead atoms. The van der Waals surface area contributed by atoms with Gasteiger partial charge >= 0.3 is 0 Å². The Morgan fingerprint density at radius 3 is 2.75 bits per heavy atom. The van der Waals surface area contributed by atoms with Crippen molar-refractivity contribution in [3.63, 3.8) is 0 Å². The highest BCUT2D eigenvalue weighted by Crippen LogP contribution is 2.21. The Morgan fingerprint density at radius 2 is 2.15 bits per heavy atom. The van der Waals surface area contributed by atoms with Gasteiger partial charge in [0.2, 0.25) is 5.91 Å². The zero-order valence-corrected chi connectivity index (χ0v) is 12.0. The SMILES string of the molecule is CC1(C)OCC(CNC(=O)CC(N)c2ccccc2)O1. The summed E-state index contributed by atoms with van der Waals surface area (Å²) in [5.74, 6) is -0.634. The predicted octanol–water partition coefficient (Wildman–Crippen LogP) is 1.34. The number of carbonyl (C=O) groups excluding carboxylic acids is 1. The van der Waals surface area contributed by atoms with Crippen molar-refractivity contribution in [1.82, 2.24) is 5.32 Å². The van der Waals surface area contributed by atoms with Crippen molar-refractivity contribution in [2.45, 2.75) is 38.2 Å². The third kappa shape index (κ3) is 4.30. The average molecular weight is 278 g/mol. The highest BCUT2D eigenvalue weighted by Gasteiger charge is 2.32. The summed E-state index contributed by atoms with van der Waals surface area (Å²) in [4.78, 5) is 11.9. The minimum absolute atomic E-state index is 0.0744. The maximum Gasteiger partial charge on any atom is 0.221 e. The van der Waals surface area contributed by atoms with E-state index in [2.05, 4.69) is 5.32 Å². The van der Waals surface area contributed by atoms with Gasteiger partial charge < -0.3 is 20.5 Å². The number of amides is 1. The monoisotopic (exact) mass is 278 g/mol. The predicted molar refractivity (Wildman–Crippen MR) is 75.9 cm³/mol. The maximum absolute atomic E-state index is 11.9. The quantitative estimate of drug-likeness (QED) is 0.852. The van der Waals surface area contributed by atoms with Gasteiger partial charge in [-0.25, -0.2) is 0 Å². The highest BCUT2D eigenvalue weighted by molar-refractivity contribution is 5.76. The van der Waals surface area contributed by atoms with Crippen molar-refractivity contribution in [1.29, 1.82) is 0 Å². The summed E-state index contributed by atoms with van der Waals surface area (Å²) in [6.07, 6.45) is 0.169. The van der Waals surface area contributed by atoms with Crippen molar-refractivity contribution in [3.05, 3.63) is 35.9 Å². The van der Waals surface area contributed by atoms with Gasteiger partial charge in [0.25, 0.3) is 0 Å². The smallest absolute Gasteiger partial charge is 0.221 e. The van der Waals surface area contributed by atoms with Crippen LogP contribution in [0.4, 0.5) is 0 Å². The molecule has 1 aromatic rings. The van der Waals surface area contributed by atoms with E-state index in [0.29, 0.717) is 13.2 Å². The van der Waals surface area contributed by atoms with Gasteiger partial charge in [-0.2, -0.15) is 0 Å². The first-order valence-corrected chi connectivity index (χ1v) is 6.85. The van der Waals surface area contributed by atoms with Crippen LogP contribution in [0.3, 0.4) is 0 Å². The summed E-state index contributed by atoms with van der Waals surface area (Å²) < 4.78 is 11.1. The molecule has 2 unspecified atom stereocenters. The molecular formula is C15H22N2O3. The molecule has 20 heavy (non-hydrogen) atoms. The maximum atomic E-state index is 11.9. The van der Waals surface area contributed by atoms with Gasteiger partial charge in [-0.3, -0.25) is 4.79 Å². The van der Waals surface area contributed by atoms with Crippen LogP contribution in [0.1, 0.15) is 31.9 Å². The topological polar surface area (TPSA) is 73.6 Å². The third-order valence-corrected chi connectivity index (χ3v) is 3.23. The van der Waals surface area contributed by atoms with E-state index in [1.807, 2.05) is 44.2 Å². The molecule has 1 saturated heterocycles. The molecule has 0 aliphatic carbocycles. The van der Waals surface area contributed by atoms with Crippen LogP contribution < -0.4 is 11.1 Å². The van der Waals surface area contributed by atoms with Crippen LogP contribution in [0.5, 0.6) is 0 Å². The molecule has 1 aliphatic rings.